The Morgan fingerprint density at radius 1 is 0.725 bits per heavy atom. The molecule has 4 aliphatic rings. The number of rotatable bonds is 14. The third kappa shape index (κ3) is 8.75. The molecule has 0 radical (unpaired) electrons. The highest BCUT2D eigenvalue weighted by Gasteiger charge is 2.62. The van der Waals surface area contributed by atoms with Gasteiger partial charge < -0.3 is 19.7 Å². The number of methoxy groups -OCH3 is 2. The van der Waals surface area contributed by atoms with Crippen LogP contribution in [0, 0.1) is 35.5 Å². The molecule has 0 aliphatic heterocycles. The van der Waals surface area contributed by atoms with Crippen LogP contribution in [-0.2, 0) is 9.47 Å². The molecule has 2 N–H and O–H groups in total. The van der Waals surface area contributed by atoms with E-state index >= 15 is 0 Å². The Morgan fingerprint density at radius 3 is 1.77 bits per heavy atom. The maximum atomic E-state index is 10.5. The summed E-state index contributed by atoms with van der Waals surface area (Å²) in [6.45, 7) is 8.22. The Kier molecular flexibility index (Phi) is 13.5. The Bertz CT molecular complexity index is 733. The van der Waals surface area contributed by atoms with E-state index < -0.39 is 9.93 Å². The Balaban J connectivity index is 0.000000222. The van der Waals surface area contributed by atoms with Crippen LogP contribution in [0.1, 0.15) is 137 Å². The van der Waals surface area contributed by atoms with E-state index in [0.29, 0.717) is 24.0 Å². The van der Waals surface area contributed by atoms with Gasteiger partial charge in [-0.2, -0.15) is 0 Å². The highest BCUT2D eigenvalue weighted by atomic mass is 35.5. The summed E-state index contributed by atoms with van der Waals surface area (Å²) in [5.41, 5.74) is -1.30. The predicted octanol–water partition coefficient (Wildman–Crippen LogP) is 9.10. The molecule has 10 unspecified atom stereocenters. The van der Waals surface area contributed by atoms with Crippen LogP contribution in [0.25, 0.3) is 0 Å². The van der Waals surface area contributed by atoms with Gasteiger partial charge in [-0.3, -0.25) is 0 Å². The van der Waals surface area contributed by atoms with E-state index in [4.69, 9.17) is 32.7 Å². The molecule has 0 aromatic heterocycles. The fourth-order valence-corrected chi connectivity index (χ4v) is 9.84. The number of alkyl halides is 2. The first-order chi connectivity index (χ1) is 18.9. The lowest BCUT2D eigenvalue weighted by atomic mass is 9.87. The van der Waals surface area contributed by atoms with Crippen molar-refractivity contribution in [3.8, 4) is 0 Å². The summed E-state index contributed by atoms with van der Waals surface area (Å²) in [5.74, 6) is 3.98. The van der Waals surface area contributed by atoms with Gasteiger partial charge in [0, 0.05) is 14.2 Å². The average molecular weight is 606 g/mol. The molecule has 40 heavy (non-hydrogen) atoms. The molecule has 0 bridgehead atoms. The first kappa shape index (κ1) is 34.9. The average Bonchev–Trinajstić information content (AvgIpc) is 3.60. The fraction of sp³-hybridized carbons (Fsp3) is 1.00. The van der Waals surface area contributed by atoms with Crippen molar-refractivity contribution >= 4 is 23.2 Å². The fourth-order valence-electron chi connectivity index (χ4n) is 9.14. The van der Waals surface area contributed by atoms with Gasteiger partial charge in [0.05, 0.1) is 23.4 Å². The molecular formula is C34H62Cl2O4. The van der Waals surface area contributed by atoms with Crippen molar-refractivity contribution in [3.63, 3.8) is 0 Å². The molecule has 0 heterocycles. The van der Waals surface area contributed by atoms with Crippen LogP contribution in [0.3, 0.4) is 0 Å². The lowest BCUT2D eigenvalue weighted by molar-refractivity contribution is 0.0471. The van der Waals surface area contributed by atoms with Crippen molar-refractivity contribution in [3.05, 3.63) is 0 Å². The summed E-state index contributed by atoms with van der Waals surface area (Å²) in [5, 5.41) is 20.7. The topological polar surface area (TPSA) is 58.9 Å². The van der Waals surface area contributed by atoms with Crippen LogP contribution >= 0.6 is 23.2 Å². The van der Waals surface area contributed by atoms with Crippen molar-refractivity contribution in [2.24, 2.45) is 35.5 Å². The smallest absolute Gasteiger partial charge is 0.149 e. The van der Waals surface area contributed by atoms with E-state index in [9.17, 15) is 10.2 Å². The second-order valence-electron chi connectivity index (χ2n) is 14.5. The van der Waals surface area contributed by atoms with E-state index in [0.717, 1.165) is 62.7 Å². The van der Waals surface area contributed by atoms with E-state index in [2.05, 4.69) is 13.8 Å². The minimum Gasteiger partial charge on any atom is -0.390 e. The van der Waals surface area contributed by atoms with Crippen molar-refractivity contribution < 1.29 is 19.7 Å². The van der Waals surface area contributed by atoms with Gasteiger partial charge in [0.2, 0.25) is 0 Å². The highest BCUT2D eigenvalue weighted by molar-refractivity contribution is 6.49. The van der Waals surface area contributed by atoms with E-state index in [1.807, 2.05) is 14.0 Å². The predicted molar refractivity (Wildman–Crippen MR) is 168 cm³/mol. The molecule has 236 valence electrons. The lowest BCUT2D eigenvalue weighted by Crippen LogP contribution is -2.41. The molecule has 0 aromatic carbocycles. The molecule has 10 atom stereocenters. The van der Waals surface area contributed by atoms with Gasteiger partial charge in [0.1, 0.15) is 4.33 Å². The van der Waals surface area contributed by atoms with Crippen LogP contribution in [0.15, 0.2) is 0 Å². The first-order valence-corrected chi connectivity index (χ1v) is 17.5. The largest absolute Gasteiger partial charge is 0.390 e. The zero-order valence-corrected chi connectivity index (χ0v) is 28.1. The van der Waals surface area contributed by atoms with Gasteiger partial charge >= 0.3 is 0 Å². The number of hydrogen-bond acceptors (Lipinski definition) is 4. The summed E-state index contributed by atoms with van der Waals surface area (Å²) >= 11 is 12.9. The minimum absolute atomic E-state index is 0.267. The summed E-state index contributed by atoms with van der Waals surface area (Å²) in [4.78, 5) is 0. The SMILES string of the molecule is CCC(CCCCC1CCC2C1CC(C)(O)C2(Cl)Cl)OC.CCC(CCCCC1CCC2CC(C)(O)CC12)OC. The van der Waals surface area contributed by atoms with Crippen LogP contribution in [0.2, 0.25) is 0 Å². The first-order valence-electron chi connectivity index (χ1n) is 16.8. The standard InChI is InChI=1S/C17H30Cl2O2.C17H32O2/c1-4-13(21-3)8-6-5-7-12-9-10-15-14(12)11-16(2,20)17(15,18)19;1-4-15(19-3)8-6-5-7-13-9-10-14-11-17(2,18)12-16(13)14/h12-15,20H,4-11H2,1-3H3;13-16,18H,4-12H2,1-3H3. The van der Waals surface area contributed by atoms with Crippen LogP contribution in [0.5, 0.6) is 0 Å². The summed E-state index contributed by atoms with van der Waals surface area (Å²) < 4.78 is 9.90. The summed E-state index contributed by atoms with van der Waals surface area (Å²) in [7, 11) is 3.63. The number of aliphatic hydroxyl groups is 2. The van der Waals surface area contributed by atoms with Crippen LogP contribution in [-0.4, -0.2) is 52.2 Å². The molecule has 4 aliphatic carbocycles. The monoisotopic (exact) mass is 604 g/mol. The summed E-state index contributed by atoms with van der Waals surface area (Å²) in [6.07, 6.45) is 21.1. The molecule has 0 aromatic rings. The molecule has 4 rings (SSSR count). The number of unbranched alkanes of at least 4 members (excludes halogenated alkanes) is 2. The molecule has 4 saturated carbocycles. The maximum Gasteiger partial charge on any atom is 0.149 e. The van der Waals surface area contributed by atoms with Crippen LogP contribution in [0.4, 0.5) is 0 Å². The van der Waals surface area contributed by atoms with Crippen LogP contribution < -0.4 is 0 Å². The maximum absolute atomic E-state index is 10.5. The van der Waals surface area contributed by atoms with E-state index in [1.54, 1.807) is 14.0 Å². The number of ether oxygens (including phenoxy) is 2. The minimum atomic E-state index is -0.963. The number of hydrogen-bond donors (Lipinski definition) is 2. The summed E-state index contributed by atoms with van der Waals surface area (Å²) in [6, 6.07) is 0. The number of halogens is 2. The van der Waals surface area contributed by atoms with Gasteiger partial charge in [-0.1, -0.05) is 75.6 Å². The molecule has 4 fully saturated rings. The molecular weight excluding hydrogens is 543 g/mol. The third-order valence-corrected chi connectivity index (χ3v) is 12.9. The van der Waals surface area contributed by atoms with Crippen molar-refractivity contribution in [1.29, 1.82) is 0 Å². The quantitative estimate of drug-likeness (QED) is 0.153. The molecule has 0 amide bonds. The second-order valence-corrected chi connectivity index (χ2v) is 15.9. The molecule has 4 nitrogen and oxygen atoms in total. The van der Waals surface area contributed by atoms with E-state index in [1.165, 1.54) is 64.2 Å². The molecule has 0 spiro atoms. The van der Waals surface area contributed by atoms with E-state index in [-0.39, 0.29) is 11.5 Å². The van der Waals surface area contributed by atoms with Gasteiger partial charge in [-0.15, -0.1) is 0 Å². The van der Waals surface area contributed by atoms with Crippen molar-refractivity contribution in [2.75, 3.05) is 14.2 Å². The second kappa shape index (κ2) is 15.4. The number of fused-ring (bicyclic) bond motifs is 2. The van der Waals surface area contributed by atoms with Gasteiger partial charge in [-0.05, 0) is 120 Å². The highest BCUT2D eigenvalue weighted by Crippen LogP contribution is 2.62. The van der Waals surface area contributed by atoms with Crippen molar-refractivity contribution in [2.45, 2.75) is 165 Å². The van der Waals surface area contributed by atoms with Crippen molar-refractivity contribution in [1.82, 2.24) is 0 Å². The third-order valence-electron chi connectivity index (χ3n) is 11.6. The van der Waals surface area contributed by atoms with Gasteiger partial charge in [0.15, 0.2) is 0 Å². The van der Waals surface area contributed by atoms with Gasteiger partial charge in [-0.25, -0.2) is 0 Å². The lowest BCUT2D eigenvalue weighted by Gasteiger charge is -2.32. The zero-order chi connectivity index (χ0) is 29.6. The zero-order valence-electron chi connectivity index (χ0n) is 26.6. The molecule has 0 saturated heterocycles. The Hall–Kier alpha value is 0.420. The Labute approximate surface area is 256 Å². The van der Waals surface area contributed by atoms with Gasteiger partial charge in [0.25, 0.3) is 0 Å². The Morgan fingerprint density at radius 2 is 1.25 bits per heavy atom. The molecule has 6 heteroatoms. The normalized spacial score (nSPS) is 39.5.